The van der Waals surface area contributed by atoms with Crippen molar-refractivity contribution in [3.8, 4) is 0 Å². The molecule has 0 unspecified atom stereocenters. The van der Waals surface area contributed by atoms with E-state index in [9.17, 15) is 14.7 Å². The van der Waals surface area contributed by atoms with E-state index in [1.165, 1.54) is 18.2 Å². The van der Waals surface area contributed by atoms with E-state index >= 15 is 0 Å². The number of carbonyl (C=O) groups excluding carboxylic acids is 1. The second-order valence-corrected chi connectivity index (χ2v) is 4.09. The molecule has 0 aliphatic rings. The fraction of sp³-hybridized carbons (Fsp3) is 0. The van der Waals surface area contributed by atoms with Crippen LogP contribution in [0.15, 0.2) is 45.8 Å². The van der Waals surface area contributed by atoms with Crippen molar-refractivity contribution >= 4 is 27.7 Å². The Balaban J connectivity index is 0.000000331. The number of hydrogen-bond donors (Lipinski definition) is 2. The fourth-order valence-electron chi connectivity index (χ4n) is 0.985. The Morgan fingerprint density at radius 3 is 2.37 bits per heavy atom. The van der Waals surface area contributed by atoms with Gasteiger partial charge in [0, 0.05) is 12.1 Å². The zero-order valence-corrected chi connectivity index (χ0v) is 11.2. The molecule has 0 atom stereocenters. The molecule has 0 radical (unpaired) electrons. The summed E-state index contributed by atoms with van der Waals surface area (Å²) in [6, 6.07) is 7.52. The highest BCUT2D eigenvalue weighted by Gasteiger charge is 1.90. The van der Waals surface area contributed by atoms with Crippen molar-refractivity contribution < 1.29 is 20.4 Å². The van der Waals surface area contributed by atoms with Gasteiger partial charge in [0.05, 0.1) is 16.1 Å². The van der Waals surface area contributed by atoms with Crippen LogP contribution in [0.25, 0.3) is 0 Å². The summed E-state index contributed by atoms with van der Waals surface area (Å²) in [5.74, 6) is -0.703. The topological polar surface area (TPSA) is 145 Å². The molecule has 2 rings (SSSR count). The van der Waals surface area contributed by atoms with Gasteiger partial charge in [-0.1, -0.05) is 6.07 Å². The molecule has 0 aliphatic carbocycles. The Labute approximate surface area is 116 Å². The number of aromatic nitrogens is 2. The third kappa shape index (κ3) is 6.34. The molecule has 0 amide bonds. The van der Waals surface area contributed by atoms with Gasteiger partial charge >= 0.3 is 0 Å². The number of rotatable bonds is 1. The monoisotopic (exact) mass is 329 g/mol. The van der Waals surface area contributed by atoms with Crippen molar-refractivity contribution in [3.63, 3.8) is 0 Å². The van der Waals surface area contributed by atoms with E-state index in [2.05, 4.69) is 25.9 Å². The van der Waals surface area contributed by atoms with Gasteiger partial charge in [-0.2, -0.15) is 0 Å². The number of nitrogens with one attached hydrogen (secondary N) is 2. The Bertz CT molecular complexity index is 562. The van der Waals surface area contributed by atoms with Crippen LogP contribution in [-0.2, 0) is 0 Å². The van der Waals surface area contributed by atoms with Crippen molar-refractivity contribution in [1.82, 2.24) is 4.98 Å². The van der Waals surface area contributed by atoms with Crippen molar-refractivity contribution in [2.75, 3.05) is 5.73 Å². The zero-order chi connectivity index (χ0) is 13.5. The fourth-order valence-corrected chi connectivity index (χ4v) is 1.23. The first-order valence-corrected chi connectivity index (χ1v) is 5.62. The number of carboxylic acid groups (broad SMARTS) is 1. The van der Waals surface area contributed by atoms with Crippen molar-refractivity contribution in [3.05, 3.63) is 57.0 Å². The summed E-state index contributed by atoms with van der Waals surface area (Å²) in [5.41, 5.74) is 4.71. The minimum Gasteiger partial charge on any atom is -0.543 e. The van der Waals surface area contributed by atoms with E-state index in [1.807, 2.05) is 6.07 Å². The van der Waals surface area contributed by atoms with Crippen molar-refractivity contribution in [2.24, 2.45) is 0 Å². The molecule has 0 spiro atoms. The number of nitrogen functional groups attached to an aromatic ring is 1. The Kier molecular flexibility index (Phi) is 7.08. The molecule has 6 N–H and O–H groups in total. The molecule has 0 saturated heterocycles. The van der Waals surface area contributed by atoms with Gasteiger partial charge in [-0.05, 0) is 28.1 Å². The van der Waals surface area contributed by atoms with Gasteiger partial charge in [0.15, 0.2) is 0 Å². The van der Waals surface area contributed by atoms with Gasteiger partial charge < -0.3 is 20.4 Å². The van der Waals surface area contributed by atoms with Crippen LogP contribution >= 0.6 is 15.9 Å². The summed E-state index contributed by atoms with van der Waals surface area (Å²) in [6.07, 6.45) is 1.79. The SMILES string of the molecule is Nc1ccc(Br)c[nH+]1.O.O=C([O-])c1cccc(=O)[nH]1. The normalized spacial score (nSPS) is 8.68. The van der Waals surface area contributed by atoms with E-state index in [-0.39, 0.29) is 11.2 Å². The van der Waals surface area contributed by atoms with E-state index in [0.717, 1.165) is 4.47 Å². The van der Waals surface area contributed by atoms with E-state index in [4.69, 9.17) is 5.73 Å². The highest BCUT2D eigenvalue weighted by atomic mass is 79.9. The minimum absolute atomic E-state index is 0. The van der Waals surface area contributed by atoms with Gasteiger partial charge in [-0.3, -0.25) is 10.5 Å². The van der Waals surface area contributed by atoms with Crippen LogP contribution in [0.4, 0.5) is 5.82 Å². The molecule has 2 heterocycles. The van der Waals surface area contributed by atoms with Gasteiger partial charge in [0.2, 0.25) is 5.56 Å². The maximum Gasteiger partial charge on any atom is 0.270 e. The molecule has 102 valence electrons. The van der Waals surface area contributed by atoms with Crippen LogP contribution < -0.4 is 21.4 Å². The van der Waals surface area contributed by atoms with Crippen molar-refractivity contribution in [1.29, 1.82) is 0 Å². The first kappa shape index (κ1) is 16.8. The lowest BCUT2D eigenvalue weighted by atomic mass is 10.4. The average molecular weight is 330 g/mol. The number of aromatic carboxylic acids is 1. The quantitative estimate of drug-likeness (QED) is 0.673. The Hall–Kier alpha value is -2.19. The maximum atomic E-state index is 10.4. The average Bonchev–Trinajstić information content (AvgIpc) is 2.34. The number of nitrogens with two attached hydrogens (primary N) is 1. The molecule has 0 bridgehead atoms. The molecule has 2 aromatic rings. The van der Waals surface area contributed by atoms with Crippen LogP contribution in [-0.4, -0.2) is 16.4 Å². The summed E-state index contributed by atoms with van der Waals surface area (Å²) in [5, 5.41) is 10.1. The van der Waals surface area contributed by atoms with Gasteiger partial charge in [0.1, 0.15) is 6.20 Å². The lowest BCUT2D eigenvalue weighted by Gasteiger charge is -1.98. The number of pyridine rings is 2. The summed E-state index contributed by atoms with van der Waals surface area (Å²) in [7, 11) is 0. The number of anilines is 1. The molecule has 2 aromatic heterocycles. The second-order valence-electron chi connectivity index (χ2n) is 3.18. The molecular formula is C11H12BrN3O4. The van der Waals surface area contributed by atoms with Gasteiger partial charge in [0.25, 0.3) is 5.82 Å². The van der Waals surface area contributed by atoms with Crippen LogP contribution in [0, 0.1) is 0 Å². The predicted octanol–water partition coefficient (Wildman–Crippen LogP) is -1.24. The third-order valence-corrected chi connectivity index (χ3v) is 2.28. The first-order chi connectivity index (χ1) is 8.49. The lowest BCUT2D eigenvalue weighted by Crippen LogP contribution is -2.25. The van der Waals surface area contributed by atoms with Gasteiger partial charge in [-0.15, -0.1) is 0 Å². The number of hydrogen-bond acceptors (Lipinski definition) is 4. The summed E-state index contributed by atoms with van der Waals surface area (Å²) in [6.45, 7) is 0. The molecule has 19 heavy (non-hydrogen) atoms. The number of halogens is 1. The molecule has 0 fully saturated rings. The van der Waals surface area contributed by atoms with Crippen LogP contribution in [0.5, 0.6) is 0 Å². The molecule has 0 aliphatic heterocycles. The van der Waals surface area contributed by atoms with E-state index in [0.29, 0.717) is 5.82 Å². The molecular weight excluding hydrogens is 318 g/mol. The molecule has 7 nitrogen and oxygen atoms in total. The smallest absolute Gasteiger partial charge is 0.270 e. The van der Waals surface area contributed by atoms with Gasteiger partial charge in [-0.25, -0.2) is 4.98 Å². The number of carbonyl (C=O) groups is 1. The lowest BCUT2D eigenvalue weighted by molar-refractivity contribution is -0.361. The molecule has 0 saturated carbocycles. The zero-order valence-electron chi connectivity index (χ0n) is 9.64. The Morgan fingerprint density at radius 1 is 1.32 bits per heavy atom. The molecule has 0 aromatic carbocycles. The number of H-pyrrole nitrogens is 2. The van der Waals surface area contributed by atoms with Crippen molar-refractivity contribution in [2.45, 2.75) is 0 Å². The standard InChI is InChI=1S/C6H5NO3.C5H5BrN2.H2O/c8-5-3-1-2-4(7-5)6(9)10;6-4-1-2-5(7)8-3-4;/h1-3H,(H,7,8)(H,9,10);1-3H,(H2,7,8);1H2. The first-order valence-electron chi connectivity index (χ1n) is 4.82. The maximum absolute atomic E-state index is 10.4. The highest BCUT2D eigenvalue weighted by Crippen LogP contribution is 2.04. The van der Waals surface area contributed by atoms with E-state index in [1.54, 1.807) is 12.3 Å². The Morgan fingerprint density at radius 2 is 2.00 bits per heavy atom. The van der Waals surface area contributed by atoms with Crippen LogP contribution in [0.2, 0.25) is 0 Å². The van der Waals surface area contributed by atoms with Crippen LogP contribution in [0.3, 0.4) is 0 Å². The largest absolute Gasteiger partial charge is 0.543 e. The molecule has 8 heteroatoms. The predicted molar refractivity (Wildman–Crippen MR) is 70.1 cm³/mol. The number of carboxylic acids is 1. The summed E-state index contributed by atoms with van der Waals surface area (Å²) in [4.78, 5) is 25.4. The van der Waals surface area contributed by atoms with Crippen LogP contribution in [0.1, 0.15) is 10.5 Å². The van der Waals surface area contributed by atoms with E-state index < -0.39 is 11.5 Å². The summed E-state index contributed by atoms with van der Waals surface area (Å²) >= 11 is 3.26. The highest BCUT2D eigenvalue weighted by molar-refractivity contribution is 9.10. The summed E-state index contributed by atoms with van der Waals surface area (Å²) < 4.78 is 1.01. The number of aromatic amines is 2. The third-order valence-electron chi connectivity index (χ3n) is 1.79. The minimum atomic E-state index is -1.38. The second kappa shape index (κ2) is 8.01.